The molecule has 0 aliphatic carbocycles. The van der Waals surface area contributed by atoms with Gasteiger partial charge in [-0.2, -0.15) is 13.2 Å². The molecule has 1 N–H and O–H groups in total. The predicted molar refractivity (Wildman–Crippen MR) is 92.7 cm³/mol. The van der Waals surface area contributed by atoms with E-state index < -0.39 is 57.8 Å². The average molecular weight is 481 g/mol. The van der Waals surface area contributed by atoms with Crippen molar-refractivity contribution in [3.05, 3.63) is 59.2 Å². The topological polar surface area (TPSA) is 82.1 Å². The molecule has 170 valence electrons. The Morgan fingerprint density at radius 2 is 1.66 bits per heavy atom. The zero-order valence-electron chi connectivity index (χ0n) is 15.6. The summed E-state index contributed by atoms with van der Waals surface area (Å²) in [6, 6.07) is 8.01. The van der Waals surface area contributed by atoms with Gasteiger partial charge in [-0.3, -0.25) is 4.79 Å². The van der Waals surface area contributed by atoms with Gasteiger partial charge < -0.3 is 14.9 Å². The lowest BCUT2D eigenvalue weighted by Gasteiger charge is -2.16. The van der Waals surface area contributed by atoms with Crippen LogP contribution in [0.25, 0.3) is 5.69 Å². The largest absolute Gasteiger partial charge is 0.538 e. The van der Waals surface area contributed by atoms with Crippen molar-refractivity contribution in [1.29, 1.82) is 0 Å². The number of carbonyl (C=O) groups is 1. The second kappa shape index (κ2) is 8.68. The highest BCUT2D eigenvalue weighted by Gasteiger charge is 2.42. The SMILES string of the molecule is CC(Sc1c([O-])on[n+]1-c1ccccc1)C(=O)Nc1c(F)c(F)c(C(F)(F)F)c(F)c1F. The van der Waals surface area contributed by atoms with Gasteiger partial charge in [0.2, 0.25) is 11.6 Å². The van der Waals surface area contributed by atoms with Crippen molar-refractivity contribution < 1.29 is 49.8 Å². The first-order valence-electron chi connectivity index (χ1n) is 8.48. The molecule has 1 unspecified atom stereocenters. The third kappa shape index (κ3) is 4.35. The lowest BCUT2D eigenvalue weighted by Crippen LogP contribution is -2.36. The van der Waals surface area contributed by atoms with Gasteiger partial charge in [0, 0.05) is 12.1 Å². The molecule has 0 bridgehead atoms. The molecule has 32 heavy (non-hydrogen) atoms. The second-order valence-corrected chi connectivity index (χ2v) is 7.50. The molecule has 0 spiro atoms. The number of carbonyl (C=O) groups excluding carboxylic acids is 1. The Hall–Kier alpha value is -3.29. The van der Waals surface area contributed by atoms with Crippen LogP contribution < -0.4 is 15.1 Å². The van der Waals surface area contributed by atoms with Crippen LogP contribution >= 0.6 is 11.8 Å². The van der Waals surface area contributed by atoms with Crippen LogP contribution in [-0.4, -0.2) is 16.4 Å². The van der Waals surface area contributed by atoms with E-state index in [1.807, 2.05) is 0 Å². The number of amides is 1. The van der Waals surface area contributed by atoms with Crippen molar-refractivity contribution in [2.24, 2.45) is 0 Å². The number of halogens is 7. The average Bonchev–Trinajstić information content (AvgIpc) is 3.09. The summed E-state index contributed by atoms with van der Waals surface area (Å²) >= 11 is 0.523. The quantitative estimate of drug-likeness (QED) is 0.260. The van der Waals surface area contributed by atoms with Gasteiger partial charge in [-0.15, -0.1) is 0 Å². The van der Waals surface area contributed by atoms with Crippen LogP contribution in [-0.2, 0) is 11.0 Å². The van der Waals surface area contributed by atoms with Crippen molar-refractivity contribution in [3.8, 4) is 11.6 Å². The summed E-state index contributed by atoms with van der Waals surface area (Å²) in [5, 5.41) is 15.4. The molecule has 0 fully saturated rings. The number of benzene rings is 2. The maximum atomic E-state index is 14.0. The minimum absolute atomic E-state index is 0.218. The number of rotatable bonds is 5. The summed E-state index contributed by atoms with van der Waals surface area (Å²) in [6.45, 7) is 1.16. The molecule has 1 heterocycles. The third-order valence-corrected chi connectivity index (χ3v) is 5.16. The van der Waals surface area contributed by atoms with E-state index in [0.717, 1.165) is 11.6 Å². The number of nitrogens with zero attached hydrogens (tertiary/aromatic N) is 2. The molecule has 0 saturated carbocycles. The highest BCUT2D eigenvalue weighted by Crippen LogP contribution is 2.38. The monoisotopic (exact) mass is 481 g/mol. The number of nitrogens with one attached hydrogen (secondary N) is 1. The summed E-state index contributed by atoms with van der Waals surface area (Å²) in [5.74, 6) is -12.5. The first-order chi connectivity index (χ1) is 14.9. The van der Waals surface area contributed by atoms with Crippen molar-refractivity contribution in [1.82, 2.24) is 5.27 Å². The van der Waals surface area contributed by atoms with Crippen molar-refractivity contribution in [2.45, 2.75) is 23.4 Å². The first-order valence-corrected chi connectivity index (χ1v) is 9.36. The van der Waals surface area contributed by atoms with Crippen LogP contribution in [0.1, 0.15) is 12.5 Å². The van der Waals surface area contributed by atoms with Gasteiger partial charge in [0.25, 0.3) is 5.03 Å². The Kier molecular flexibility index (Phi) is 6.34. The Bertz CT molecular complexity index is 1140. The van der Waals surface area contributed by atoms with Crippen LogP contribution in [0.4, 0.5) is 36.4 Å². The summed E-state index contributed by atoms with van der Waals surface area (Å²) in [7, 11) is 0. The summed E-state index contributed by atoms with van der Waals surface area (Å²) in [4.78, 5) is 12.3. The predicted octanol–water partition coefficient (Wildman–Crippen LogP) is 3.72. The van der Waals surface area contributed by atoms with Gasteiger partial charge in [0.1, 0.15) is 11.3 Å². The minimum atomic E-state index is -5.72. The van der Waals surface area contributed by atoms with Crippen molar-refractivity contribution in [2.75, 3.05) is 5.32 Å². The van der Waals surface area contributed by atoms with E-state index in [-0.39, 0.29) is 5.03 Å². The molecule has 6 nitrogen and oxygen atoms in total. The minimum Gasteiger partial charge on any atom is -0.538 e. The standard InChI is InChI=1S/C18H10F7N3O3S/c1-7(32-16-17(30)31-27-28(16)8-5-3-2-4-6-8)15(29)26-14-12(21)10(19)9(18(23,24)25)11(20)13(14)22/h2-7H,1H3,(H-,26,27,29,30). The van der Waals surface area contributed by atoms with Crippen LogP contribution in [0.15, 0.2) is 39.9 Å². The van der Waals surface area contributed by atoms with E-state index in [0.29, 0.717) is 17.4 Å². The smallest absolute Gasteiger partial charge is 0.422 e. The van der Waals surface area contributed by atoms with Crippen LogP contribution in [0.2, 0.25) is 0 Å². The number of aromatic nitrogens is 2. The molecule has 0 aliphatic rings. The number of hydrogen-bond acceptors (Lipinski definition) is 5. The fourth-order valence-electron chi connectivity index (χ4n) is 2.51. The normalized spacial score (nSPS) is 12.6. The number of anilines is 1. The Labute approximate surface area is 178 Å². The van der Waals surface area contributed by atoms with E-state index in [1.54, 1.807) is 30.3 Å². The number of thioether (sulfide) groups is 1. The fourth-order valence-corrected chi connectivity index (χ4v) is 3.38. The number of alkyl halides is 3. The number of para-hydroxylation sites is 1. The molecular weight excluding hydrogens is 471 g/mol. The van der Waals surface area contributed by atoms with Crippen LogP contribution in [0, 0.1) is 23.3 Å². The van der Waals surface area contributed by atoms with Gasteiger partial charge in [-0.25, -0.2) is 17.6 Å². The molecular formula is C18H10F7N3O3S. The van der Waals surface area contributed by atoms with Crippen LogP contribution in [0.5, 0.6) is 5.95 Å². The highest BCUT2D eigenvalue weighted by molar-refractivity contribution is 8.00. The van der Waals surface area contributed by atoms with E-state index in [1.165, 1.54) is 5.32 Å². The van der Waals surface area contributed by atoms with Gasteiger partial charge in [-0.1, -0.05) is 18.2 Å². The molecule has 14 heteroatoms. The molecule has 1 amide bonds. The third-order valence-electron chi connectivity index (χ3n) is 4.03. The van der Waals surface area contributed by atoms with E-state index in [4.69, 9.17) is 0 Å². The molecule has 3 aromatic rings. The summed E-state index contributed by atoms with van der Waals surface area (Å²) < 4.78 is 99.0. The zero-order chi connectivity index (χ0) is 23.8. The van der Waals surface area contributed by atoms with Gasteiger partial charge in [0.05, 0.1) is 10.5 Å². The molecule has 0 aliphatic heterocycles. The zero-order valence-corrected chi connectivity index (χ0v) is 16.5. The van der Waals surface area contributed by atoms with E-state index in [2.05, 4.69) is 9.79 Å². The molecule has 0 saturated heterocycles. The molecule has 0 radical (unpaired) electrons. The Morgan fingerprint density at radius 3 is 2.19 bits per heavy atom. The van der Waals surface area contributed by atoms with E-state index >= 15 is 0 Å². The van der Waals surface area contributed by atoms with Gasteiger partial charge >= 0.3 is 6.18 Å². The Morgan fingerprint density at radius 1 is 1.09 bits per heavy atom. The lowest BCUT2D eigenvalue weighted by atomic mass is 10.1. The van der Waals surface area contributed by atoms with Crippen molar-refractivity contribution in [3.63, 3.8) is 0 Å². The highest BCUT2D eigenvalue weighted by atomic mass is 32.2. The van der Waals surface area contributed by atoms with Crippen LogP contribution in [0.3, 0.4) is 0 Å². The number of hydrogen-bond donors (Lipinski definition) is 1. The maximum Gasteiger partial charge on any atom is 0.422 e. The molecule has 1 aromatic heterocycles. The second-order valence-electron chi connectivity index (χ2n) is 6.17. The summed E-state index contributed by atoms with van der Waals surface area (Å²) in [6.07, 6.45) is -5.72. The fraction of sp³-hybridized carbons (Fsp3) is 0.167. The van der Waals surface area contributed by atoms with Crippen molar-refractivity contribution >= 4 is 23.4 Å². The lowest BCUT2D eigenvalue weighted by molar-refractivity contribution is -0.705. The molecule has 3 rings (SSSR count). The van der Waals surface area contributed by atoms with Gasteiger partial charge in [0.15, 0.2) is 29.2 Å². The molecule has 2 aromatic carbocycles. The molecule has 1 atom stereocenters. The first kappa shape index (κ1) is 23.4. The Balaban J connectivity index is 1.88. The van der Waals surface area contributed by atoms with E-state index in [9.17, 15) is 40.6 Å². The summed E-state index contributed by atoms with van der Waals surface area (Å²) in [5.41, 5.74) is -4.14. The van der Waals surface area contributed by atoms with Gasteiger partial charge in [-0.05, 0) is 23.4 Å². The maximum absolute atomic E-state index is 14.0.